The summed E-state index contributed by atoms with van der Waals surface area (Å²) in [6.07, 6.45) is 2.79. The zero-order chi connectivity index (χ0) is 9.68. The van der Waals surface area contributed by atoms with Crippen molar-refractivity contribution in [2.75, 3.05) is 11.9 Å². The van der Waals surface area contributed by atoms with Crippen molar-refractivity contribution in [3.63, 3.8) is 0 Å². The lowest BCUT2D eigenvalue weighted by Crippen LogP contribution is -1.91. The van der Waals surface area contributed by atoms with Gasteiger partial charge in [0, 0.05) is 18.4 Å². The molecule has 0 amide bonds. The average molecular weight is 175 g/mol. The molecule has 1 aromatic heterocycles. The summed E-state index contributed by atoms with van der Waals surface area (Å²) in [5, 5.41) is 11.7. The Balaban J connectivity index is 0.000000396. The van der Waals surface area contributed by atoms with E-state index in [2.05, 4.69) is 10.3 Å². The Bertz CT molecular complexity index is 325. The molecule has 2 heterocycles. The zero-order valence-corrected chi connectivity index (χ0v) is 7.96. The van der Waals surface area contributed by atoms with Gasteiger partial charge in [0.1, 0.15) is 11.8 Å². The first-order chi connectivity index (χ1) is 6.40. The van der Waals surface area contributed by atoms with Gasteiger partial charge in [0.25, 0.3) is 0 Å². The molecular formula is C10H13N3. The van der Waals surface area contributed by atoms with E-state index in [-0.39, 0.29) is 0 Å². The number of rotatable bonds is 0. The second-order valence-corrected chi connectivity index (χ2v) is 2.52. The minimum atomic E-state index is 0.484. The van der Waals surface area contributed by atoms with Crippen LogP contribution in [0.4, 0.5) is 5.69 Å². The first kappa shape index (κ1) is 9.53. The summed E-state index contributed by atoms with van der Waals surface area (Å²) in [6, 6.07) is 3.80. The van der Waals surface area contributed by atoms with Crippen LogP contribution in [0.25, 0.3) is 0 Å². The van der Waals surface area contributed by atoms with E-state index in [0.717, 1.165) is 18.7 Å². The van der Waals surface area contributed by atoms with E-state index in [4.69, 9.17) is 5.26 Å². The van der Waals surface area contributed by atoms with Gasteiger partial charge >= 0.3 is 0 Å². The second-order valence-electron chi connectivity index (χ2n) is 2.52. The third-order valence-corrected chi connectivity index (χ3v) is 1.81. The van der Waals surface area contributed by atoms with Crippen LogP contribution in [-0.2, 0) is 6.42 Å². The number of hydrogen-bond donors (Lipinski definition) is 1. The summed E-state index contributed by atoms with van der Waals surface area (Å²) >= 11 is 0. The summed E-state index contributed by atoms with van der Waals surface area (Å²) in [5.74, 6) is 0. The average Bonchev–Trinajstić information content (AvgIpc) is 2.67. The van der Waals surface area contributed by atoms with Crippen LogP contribution in [0.3, 0.4) is 0 Å². The molecule has 2 rings (SSSR count). The molecule has 68 valence electrons. The number of aromatic nitrogens is 1. The highest BCUT2D eigenvalue weighted by Gasteiger charge is 2.09. The van der Waals surface area contributed by atoms with E-state index in [1.54, 1.807) is 12.3 Å². The molecule has 13 heavy (non-hydrogen) atoms. The molecule has 1 N–H and O–H groups in total. The van der Waals surface area contributed by atoms with Gasteiger partial charge in [0.05, 0.1) is 0 Å². The standard InChI is InChI=1S/C8H7N3.C2H6/c9-4-7-3-8-6(5-11-7)1-2-10-8;1-2/h3,5,10H,1-2H2;1-2H3. The lowest BCUT2D eigenvalue weighted by Gasteiger charge is -1.96. The Kier molecular flexibility index (Phi) is 3.27. The number of hydrogen-bond acceptors (Lipinski definition) is 3. The van der Waals surface area contributed by atoms with Gasteiger partial charge in [-0.15, -0.1) is 0 Å². The molecule has 0 aromatic carbocycles. The molecule has 3 heteroatoms. The summed E-state index contributed by atoms with van der Waals surface area (Å²) in [6.45, 7) is 4.96. The van der Waals surface area contributed by atoms with Crippen molar-refractivity contribution in [3.05, 3.63) is 23.5 Å². The molecular weight excluding hydrogens is 162 g/mol. The monoisotopic (exact) mass is 175 g/mol. The Morgan fingerprint density at radius 2 is 2.31 bits per heavy atom. The molecule has 0 saturated carbocycles. The predicted octanol–water partition coefficient (Wildman–Crippen LogP) is 1.95. The summed E-state index contributed by atoms with van der Waals surface area (Å²) in [7, 11) is 0. The first-order valence-corrected chi connectivity index (χ1v) is 4.53. The van der Waals surface area contributed by atoms with E-state index in [9.17, 15) is 0 Å². The highest BCUT2D eigenvalue weighted by atomic mass is 14.9. The molecule has 3 nitrogen and oxygen atoms in total. The lowest BCUT2D eigenvalue weighted by atomic mass is 10.2. The van der Waals surface area contributed by atoms with Gasteiger partial charge in [-0.1, -0.05) is 13.8 Å². The minimum Gasteiger partial charge on any atom is -0.384 e. The Labute approximate surface area is 78.4 Å². The molecule has 0 fully saturated rings. The molecule has 0 atom stereocenters. The van der Waals surface area contributed by atoms with Gasteiger partial charge in [-0.05, 0) is 18.1 Å². The number of nitrogens with one attached hydrogen (secondary N) is 1. The zero-order valence-electron chi connectivity index (χ0n) is 7.96. The minimum absolute atomic E-state index is 0.484. The van der Waals surface area contributed by atoms with Gasteiger partial charge in [-0.2, -0.15) is 5.26 Å². The first-order valence-electron chi connectivity index (χ1n) is 4.53. The van der Waals surface area contributed by atoms with Gasteiger partial charge < -0.3 is 5.32 Å². The van der Waals surface area contributed by atoms with Crippen molar-refractivity contribution >= 4 is 5.69 Å². The topological polar surface area (TPSA) is 48.7 Å². The number of anilines is 1. The van der Waals surface area contributed by atoms with Crippen molar-refractivity contribution in [3.8, 4) is 6.07 Å². The van der Waals surface area contributed by atoms with E-state index in [1.165, 1.54) is 5.56 Å². The van der Waals surface area contributed by atoms with E-state index >= 15 is 0 Å². The van der Waals surface area contributed by atoms with E-state index < -0.39 is 0 Å². The smallest absolute Gasteiger partial charge is 0.142 e. The molecule has 0 spiro atoms. The number of nitriles is 1. The van der Waals surface area contributed by atoms with Gasteiger partial charge in [-0.3, -0.25) is 0 Å². The fourth-order valence-electron chi connectivity index (χ4n) is 1.24. The fraction of sp³-hybridized carbons (Fsp3) is 0.400. The maximum Gasteiger partial charge on any atom is 0.142 e. The number of fused-ring (bicyclic) bond motifs is 1. The molecule has 0 bridgehead atoms. The maximum atomic E-state index is 8.53. The van der Waals surface area contributed by atoms with Gasteiger partial charge in [0.15, 0.2) is 0 Å². The Morgan fingerprint density at radius 3 is 3.00 bits per heavy atom. The van der Waals surface area contributed by atoms with E-state index in [0.29, 0.717) is 5.69 Å². The summed E-state index contributed by atoms with van der Waals surface area (Å²) in [5.41, 5.74) is 2.76. The highest BCUT2D eigenvalue weighted by Crippen LogP contribution is 2.20. The predicted molar refractivity (Wildman–Crippen MR) is 52.5 cm³/mol. The summed E-state index contributed by atoms with van der Waals surface area (Å²) < 4.78 is 0. The third-order valence-electron chi connectivity index (χ3n) is 1.81. The largest absolute Gasteiger partial charge is 0.384 e. The quantitative estimate of drug-likeness (QED) is 0.655. The second kappa shape index (κ2) is 4.46. The molecule has 0 aliphatic carbocycles. The SMILES string of the molecule is CC.N#Cc1cc2c(cn1)CCN2. The van der Waals surface area contributed by atoms with Crippen molar-refractivity contribution in [2.45, 2.75) is 20.3 Å². The maximum absolute atomic E-state index is 8.53. The molecule has 0 saturated heterocycles. The van der Waals surface area contributed by atoms with Crippen molar-refractivity contribution in [1.29, 1.82) is 5.26 Å². The number of pyridine rings is 1. The van der Waals surface area contributed by atoms with Crippen molar-refractivity contribution < 1.29 is 0 Å². The van der Waals surface area contributed by atoms with Crippen molar-refractivity contribution in [1.82, 2.24) is 4.98 Å². The molecule has 1 aromatic rings. The highest BCUT2D eigenvalue weighted by molar-refractivity contribution is 5.56. The normalized spacial score (nSPS) is 11.8. The molecule has 1 aliphatic rings. The van der Waals surface area contributed by atoms with E-state index in [1.807, 2.05) is 19.9 Å². The Hall–Kier alpha value is -1.56. The van der Waals surface area contributed by atoms with Crippen LogP contribution < -0.4 is 5.32 Å². The lowest BCUT2D eigenvalue weighted by molar-refractivity contribution is 1.09. The van der Waals surface area contributed by atoms with Crippen LogP contribution in [0.15, 0.2) is 12.3 Å². The Morgan fingerprint density at radius 1 is 1.54 bits per heavy atom. The van der Waals surface area contributed by atoms with Crippen LogP contribution in [0.5, 0.6) is 0 Å². The summed E-state index contributed by atoms with van der Waals surface area (Å²) in [4.78, 5) is 3.97. The van der Waals surface area contributed by atoms with Crippen LogP contribution in [0, 0.1) is 11.3 Å². The van der Waals surface area contributed by atoms with Crippen LogP contribution in [-0.4, -0.2) is 11.5 Å². The third kappa shape index (κ3) is 1.97. The molecule has 1 aliphatic heterocycles. The van der Waals surface area contributed by atoms with Crippen LogP contribution >= 0.6 is 0 Å². The fourth-order valence-corrected chi connectivity index (χ4v) is 1.24. The molecule has 0 radical (unpaired) electrons. The number of nitrogens with zero attached hydrogens (tertiary/aromatic N) is 2. The van der Waals surface area contributed by atoms with Crippen LogP contribution in [0.1, 0.15) is 25.1 Å². The van der Waals surface area contributed by atoms with Crippen LogP contribution in [0.2, 0.25) is 0 Å². The molecule has 0 unspecified atom stereocenters. The van der Waals surface area contributed by atoms with Gasteiger partial charge in [-0.25, -0.2) is 4.98 Å². The van der Waals surface area contributed by atoms with Gasteiger partial charge in [0.2, 0.25) is 0 Å². The van der Waals surface area contributed by atoms with Crippen molar-refractivity contribution in [2.24, 2.45) is 0 Å².